The summed E-state index contributed by atoms with van der Waals surface area (Å²) in [6.07, 6.45) is 0. The maximum absolute atomic E-state index is 6.38. The van der Waals surface area contributed by atoms with E-state index in [2.05, 4.69) is 6.07 Å². The summed E-state index contributed by atoms with van der Waals surface area (Å²) in [5.41, 5.74) is 9.53. The van der Waals surface area contributed by atoms with E-state index in [1.54, 1.807) is 0 Å². The molecular formula is C38H22N4O2. The van der Waals surface area contributed by atoms with E-state index in [1.807, 2.05) is 127 Å². The number of benzene rings is 5. The number of hydrogen-bond donors (Lipinski definition) is 0. The Morgan fingerprint density at radius 2 is 0.818 bits per heavy atom. The summed E-state index contributed by atoms with van der Waals surface area (Å²) in [6.45, 7) is 0. The lowest BCUT2D eigenvalue weighted by atomic mass is 10.0. The average molecular weight is 567 g/mol. The van der Waals surface area contributed by atoms with Crippen LogP contribution in [0.15, 0.2) is 142 Å². The average Bonchev–Trinajstić information content (AvgIpc) is 3.67. The Morgan fingerprint density at radius 1 is 0.364 bits per heavy atom. The second-order valence-corrected chi connectivity index (χ2v) is 10.7. The van der Waals surface area contributed by atoms with Crippen LogP contribution in [-0.4, -0.2) is 19.9 Å². The van der Waals surface area contributed by atoms with Crippen molar-refractivity contribution < 1.29 is 8.83 Å². The van der Waals surface area contributed by atoms with Gasteiger partial charge in [-0.25, -0.2) is 19.9 Å². The van der Waals surface area contributed by atoms with Crippen molar-refractivity contribution in [2.75, 3.05) is 0 Å². The van der Waals surface area contributed by atoms with Crippen molar-refractivity contribution in [3.8, 4) is 45.3 Å². The molecule has 0 bridgehead atoms. The quantitative estimate of drug-likeness (QED) is 0.211. The number of para-hydroxylation sites is 2. The second kappa shape index (κ2) is 9.71. The molecule has 0 aliphatic heterocycles. The number of rotatable bonds is 4. The third-order valence-corrected chi connectivity index (χ3v) is 7.91. The largest absolute Gasteiger partial charge is 0.452 e. The lowest BCUT2D eigenvalue weighted by molar-refractivity contribution is 0.667. The molecule has 4 aromatic heterocycles. The molecule has 0 fully saturated rings. The molecule has 9 aromatic rings. The van der Waals surface area contributed by atoms with Gasteiger partial charge in [0.15, 0.2) is 22.8 Å². The molecule has 6 heteroatoms. The maximum atomic E-state index is 6.38. The zero-order valence-corrected chi connectivity index (χ0v) is 23.3. The lowest BCUT2D eigenvalue weighted by Crippen LogP contribution is -1.96. The fraction of sp³-hybridized carbons (Fsp3) is 0. The molecule has 0 amide bonds. The van der Waals surface area contributed by atoms with Gasteiger partial charge in [0.1, 0.15) is 33.6 Å². The summed E-state index contributed by atoms with van der Waals surface area (Å²) in [5, 5.41) is 1.90. The fourth-order valence-corrected chi connectivity index (χ4v) is 5.82. The summed E-state index contributed by atoms with van der Waals surface area (Å²) in [5.74, 6) is 1.24. The molecule has 0 aliphatic carbocycles. The van der Waals surface area contributed by atoms with Crippen molar-refractivity contribution in [1.29, 1.82) is 0 Å². The molecule has 5 aromatic carbocycles. The highest BCUT2D eigenvalue weighted by Gasteiger charge is 2.21. The van der Waals surface area contributed by atoms with Gasteiger partial charge in [0.05, 0.1) is 0 Å². The normalized spacial score (nSPS) is 11.6. The van der Waals surface area contributed by atoms with E-state index in [1.165, 1.54) is 0 Å². The minimum absolute atomic E-state index is 0.600. The van der Waals surface area contributed by atoms with Gasteiger partial charge in [0, 0.05) is 33.0 Å². The molecule has 4 heterocycles. The van der Waals surface area contributed by atoms with Crippen molar-refractivity contribution in [3.05, 3.63) is 133 Å². The van der Waals surface area contributed by atoms with Crippen LogP contribution in [0.5, 0.6) is 0 Å². The van der Waals surface area contributed by atoms with Crippen molar-refractivity contribution in [2.45, 2.75) is 0 Å². The molecule has 0 unspecified atom stereocenters. The predicted octanol–water partition coefficient (Wildman–Crippen LogP) is 9.73. The van der Waals surface area contributed by atoms with Crippen LogP contribution in [0.3, 0.4) is 0 Å². The van der Waals surface area contributed by atoms with E-state index in [0.717, 1.165) is 60.9 Å². The van der Waals surface area contributed by atoms with E-state index >= 15 is 0 Å². The zero-order chi connectivity index (χ0) is 29.0. The first-order valence-corrected chi connectivity index (χ1v) is 14.4. The number of hydrogen-bond acceptors (Lipinski definition) is 6. The highest BCUT2D eigenvalue weighted by Crippen LogP contribution is 2.38. The van der Waals surface area contributed by atoms with E-state index in [9.17, 15) is 0 Å². The number of fused-ring (bicyclic) bond motifs is 6. The monoisotopic (exact) mass is 566 g/mol. The van der Waals surface area contributed by atoms with Crippen LogP contribution in [-0.2, 0) is 0 Å². The molecule has 0 N–H and O–H groups in total. The predicted molar refractivity (Wildman–Crippen MR) is 174 cm³/mol. The molecule has 0 spiro atoms. The molecule has 0 saturated carbocycles. The van der Waals surface area contributed by atoms with Gasteiger partial charge in [0.2, 0.25) is 0 Å². The third-order valence-electron chi connectivity index (χ3n) is 7.91. The molecular weight excluding hydrogens is 544 g/mol. The SMILES string of the molecule is c1ccc(-c2nc(-c3cccc(-c4nc(-c5ccccc5)c5oc6ccccc6c5n4)c3)c3oc4ccccc4c3n2)cc1. The summed E-state index contributed by atoms with van der Waals surface area (Å²) in [4.78, 5) is 20.1. The van der Waals surface area contributed by atoms with E-state index < -0.39 is 0 Å². The lowest BCUT2D eigenvalue weighted by Gasteiger charge is -2.09. The van der Waals surface area contributed by atoms with E-state index in [4.69, 9.17) is 28.8 Å². The smallest absolute Gasteiger partial charge is 0.180 e. The summed E-state index contributed by atoms with van der Waals surface area (Å²) in [7, 11) is 0. The molecule has 6 nitrogen and oxygen atoms in total. The third kappa shape index (κ3) is 3.89. The van der Waals surface area contributed by atoms with Gasteiger partial charge in [-0.3, -0.25) is 0 Å². The Kier molecular flexibility index (Phi) is 5.40. The number of aromatic nitrogens is 4. The van der Waals surface area contributed by atoms with Gasteiger partial charge in [-0.15, -0.1) is 0 Å². The van der Waals surface area contributed by atoms with Gasteiger partial charge >= 0.3 is 0 Å². The molecule has 0 radical (unpaired) electrons. The highest BCUT2D eigenvalue weighted by molar-refractivity contribution is 6.08. The Hall–Kier alpha value is -6.14. The van der Waals surface area contributed by atoms with Crippen LogP contribution in [0.1, 0.15) is 0 Å². The summed E-state index contributed by atoms with van der Waals surface area (Å²) >= 11 is 0. The molecule has 44 heavy (non-hydrogen) atoms. The Morgan fingerprint density at radius 3 is 1.43 bits per heavy atom. The van der Waals surface area contributed by atoms with E-state index in [-0.39, 0.29) is 0 Å². The number of nitrogens with zero attached hydrogens (tertiary/aromatic N) is 4. The van der Waals surface area contributed by atoms with Crippen molar-refractivity contribution in [3.63, 3.8) is 0 Å². The number of furan rings is 2. The van der Waals surface area contributed by atoms with Crippen molar-refractivity contribution in [1.82, 2.24) is 19.9 Å². The zero-order valence-electron chi connectivity index (χ0n) is 23.3. The molecule has 9 rings (SSSR count). The maximum Gasteiger partial charge on any atom is 0.180 e. The molecule has 0 atom stereocenters. The molecule has 0 aliphatic rings. The first-order chi connectivity index (χ1) is 21.8. The van der Waals surface area contributed by atoms with Crippen molar-refractivity contribution >= 4 is 44.1 Å². The summed E-state index contributed by atoms with van der Waals surface area (Å²) in [6, 6.07) is 44.2. The molecule has 0 saturated heterocycles. The van der Waals surface area contributed by atoms with Gasteiger partial charge in [-0.2, -0.15) is 0 Å². The first kappa shape index (κ1) is 24.5. The molecule has 206 valence electrons. The van der Waals surface area contributed by atoms with Gasteiger partial charge in [-0.05, 0) is 30.3 Å². The fourth-order valence-electron chi connectivity index (χ4n) is 5.82. The van der Waals surface area contributed by atoms with Crippen LogP contribution in [0.2, 0.25) is 0 Å². The van der Waals surface area contributed by atoms with Crippen LogP contribution in [0.4, 0.5) is 0 Å². The Labute approximate surface area is 251 Å². The standard InChI is InChI=1S/C38H22N4O2/c1-3-12-23(13-4-1)31-35-33(27-18-7-9-20-29(27)43-35)42-38(39-31)26-17-11-16-25(22-26)32-36-34(28-19-8-10-21-30(28)44-36)41-37(40-32)24-14-5-2-6-15-24/h1-22H. The van der Waals surface area contributed by atoms with Crippen LogP contribution in [0, 0.1) is 0 Å². The summed E-state index contributed by atoms with van der Waals surface area (Å²) < 4.78 is 12.7. The minimum Gasteiger partial charge on any atom is -0.452 e. The van der Waals surface area contributed by atoms with Crippen LogP contribution >= 0.6 is 0 Å². The second-order valence-electron chi connectivity index (χ2n) is 10.7. The minimum atomic E-state index is 0.600. The Bertz CT molecular complexity index is 2500. The van der Waals surface area contributed by atoms with Crippen molar-refractivity contribution in [2.24, 2.45) is 0 Å². The van der Waals surface area contributed by atoms with Crippen LogP contribution < -0.4 is 0 Å². The van der Waals surface area contributed by atoms with Gasteiger partial charge in [0.25, 0.3) is 0 Å². The van der Waals surface area contributed by atoms with Gasteiger partial charge in [-0.1, -0.05) is 103 Å². The highest BCUT2D eigenvalue weighted by atomic mass is 16.3. The van der Waals surface area contributed by atoms with Crippen LogP contribution in [0.25, 0.3) is 89.4 Å². The Balaban J connectivity index is 1.28. The van der Waals surface area contributed by atoms with E-state index in [0.29, 0.717) is 28.5 Å². The first-order valence-electron chi connectivity index (χ1n) is 14.4. The topological polar surface area (TPSA) is 77.8 Å². The van der Waals surface area contributed by atoms with Gasteiger partial charge < -0.3 is 8.83 Å².